The Bertz CT molecular complexity index is 573. The second-order valence-electron chi connectivity index (χ2n) is 5.75. The largest absolute Gasteiger partial charge is 0.383 e. The summed E-state index contributed by atoms with van der Waals surface area (Å²) in [5.41, 5.74) is 5.98. The van der Waals surface area contributed by atoms with Crippen LogP contribution < -0.4 is 16.4 Å². The summed E-state index contributed by atoms with van der Waals surface area (Å²) >= 11 is 0. The van der Waals surface area contributed by atoms with Crippen LogP contribution in [-0.4, -0.2) is 43.6 Å². The molecule has 0 amide bonds. The second-order valence-corrected chi connectivity index (χ2v) is 7.70. The second kappa shape index (κ2) is 5.61. The summed E-state index contributed by atoms with van der Waals surface area (Å²) in [6, 6.07) is 0.192. The minimum absolute atomic E-state index is 0.116. The Morgan fingerprint density at radius 2 is 2.25 bits per heavy atom. The Labute approximate surface area is 119 Å². The summed E-state index contributed by atoms with van der Waals surface area (Å²) in [5.74, 6) is 0.930. The average Bonchev–Trinajstić information content (AvgIpc) is 2.87. The van der Waals surface area contributed by atoms with Gasteiger partial charge in [0.15, 0.2) is 20.6 Å². The lowest BCUT2D eigenvalue weighted by Crippen LogP contribution is -2.23. The molecule has 0 radical (unpaired) electrons. The van der Waals surface area contributed by atoms with Crippen molar-refractivity contribution < 1.29 is 8.42 Å². The van der Waals surface area contributed by atoms with E-state index in [1.54, 1.807) is 4.68 Å². The van der Waals surface area contributed by atoms with Crippen LogP contribution in [0.4, 0.5) is 11.6 Å². The number of nitrogens with two attached hydrogens (primary N) is 1. The zero-order valence-corrected chi connectivity index (χ0v) is 13.0. The Kier molecular flexibility index (Phi) is 4.24. The summed E-state index contributed by atoms with van der Waals surface area (Å²) < 4.78 is 25.5. The first-order chi connectivity index (χ1) is 9.29. The molecule has 1 atom stereocenters. The Hall–Kier alpha value is -1.28. The van der Waals surface area contributed by atoms with Crippen molar-refractivity contribution in [3.63, 3.8) is 0 Å². The van der Waals surface area contributed by atoms with Gasteiger partial charge in [0.25, 0.3) is 0 Å². The Morgan fingerprint density at radius 1 is 1.55 bits per heavy atom. The molecule has 1 fully saturated rings. The van der Waals surface area contributed by atoms with Crippen LogP contribution in [-0.2, 0) is 16.4 Å². The highest BCUT2D eigenvalue weighted by Gasteiger charge is 2.26. The van der Waals surface area contributed by atoms with Crippen LogP contribution >= 0.6 is 0 Å². The number of nitrogens with zero attached hydrogens (tertiary/aromatic N) is 2. The number of hydrogen-bond donors (Lipinski definition) is 3. The lowest BCUT2D eigenvalue weighted by Gasteiger charge is -2.11. The smallest absolute Gasteiger partial charge is 0.182 e. The van der Waals surface area contributed by atoms with Gasteiger partial charge in [-0.2, -0.15) is 5.10 Å². The van der Waals surface area contributed by atoms with Crippen molar-refractivity contribution in [1.29, 1.82) is 0 Å². The van der Waals surface area contributed by atoms with Crippen LogP contribution in [0.5, 0.6) is 0 Å². The molecule has 0 bridgehead atoms. The Balaban J connectivity index is 2.37. The highest BCUT2D eigenvalue weighted by Crippen LogP contribution is 2.28. The van der Waals surface area contributed by atoms with E-state index in [0.717, 1.165) is 25.8 Å². The maximum Gasteiger partial charge on any atom is 0.182 e. The monoisotopic (exact) mass is 301 g/mol. The van der Waals surface area contributed by atoms with Gasteiger partial charge in [-0.3, -0.25) is 0 Å². The third-order valence-corrected chi connectivity index (χ3v) is 4.40. The maximum atomic E-state index is 12.0. The molecule has 1 aliphatic rings. The number of nitrogen functional groups attached to an aromatic ring is 1. The first kappa shape index (κ1) is 15.1. The standard InChI is InChI=1S/C12H23N5O2S/c1-8(2)7-17-11(13)10(20(3,18)19)12(16-17)15-9-4-5-14-6-9/h8-9,14H,4-7,13H2,1-3H3,(H,15,16). The third kappa shape index (κ3) is 3.24. The predicted octanol–water partition coefficient (Wildman–Crippen LogP) is 0.299. The normalized spacial score (nSPS) is 19.7. The van der Waals surface area contributed by atoms with E-state index in [1.165, 1.54) is 0 Å². The van der Waals surface area contributed by atoms with E-state index in [-0.39, 0.29) is 16.8 Å². The van der Waals surface area contributed by atoms with Gasteiger partial charge in [0.2, 0.25) is 0 Å². The van der Waals surface area contributed by atoms with Crippen molar-refractivity contribution in [1.82, 2.24) is 15.1 Å². The Morgan fingerprint density at radius 3 is 2.75 bits per heavy atom. The molecule has 0 aliphatic carbocycles. The average molecular weight is 301 g/mol. The number of nitrogens with one attached hydrogen (secondary N) is 2. The molecule has 1 aliphatic heterocycles. The number of hydrogen-bond acceptors (Lipinski definition) is 6. The van der Waals surface area contributed by atoms with Gasteiger partial charge in [0.1, 0.15) is 5.82 Å². The molecule has 1 unspecified atom stereocenters. The highest BCUT2D eigenvalue weighted by atomic mass is 32.2. The molecule has 0 saturated carbocycles. The van der Waals surface area contributed by atoms with Gasteiger partial charge in [0.05, 0.1) is 0 Å². The van der Waals surface area contributed by atoms with E-state index in [4.69, 9.17) is 5.73 Å². The molecule has 4 N–H and O–H groups in total. The lowest BCUT2D eigenvalue weighted by molar-refractivity contribution is 0.488. The van der Waals surface area contributed by atoms with Crippen LogP contribution in [0, 0.1) is 5.92 Å². The van der Waals surface area contributed by atoms with Crippen LogP contribution in [0.3, 0.4) is 0 Å². The van der Waals surface area contributed by atoms with E-state index < -0.39 is 9.84 Å². The number of anilines is 2. The fourth-order valence-electron chi connectivity index (χ4n) is 2.37. The fourth-order valence-corrected chi connectivity index (χ4v) is 3.31. The topological polar surface area (TPSA) is 102 Å². The molecule has 0 aromatic carbocycles. The first-order valence-electron chi connectivity index (χ1n) is 6.82. The summed E-state index contributed by atoms with van der Waals surface area (Å²) in [5, 5.41) is 10.8. The summed E-state index contributed by atoms with van der Waals surface area (Å²) in [6.45, 7) is 6.40. The molecule has 1 saturated heterocycles. The fraction of sp³-hybridized carbons (Fsp3) is 0.750. The summed E-state index contributed by atoms with van der Waals surface area (Å²) in [4.78, 5) is 0.116. The summed E-state index contributed by atoms with van der Waals surface area (Å²) in [6.07, 6.45) is 2.11. The third-order valence-electron chi connectivity index (χ3n) is 3.26. The van der Waals surface area contributed by atoms with E-state index in [1.807, 2.05) is 13.8 Å². The quantitative estimate of drug-likeness (QED) is 0.723. The van der Waals surface area contributed by atoms with Gasteiger partial charge in [-0.25, -0.2) is 13.1 Å². The highest BCUT2D eigenvalue weighted by molar-refractivity contribution is 7.91. The minimum Gasteiger partial charge on any atom is -0.383 e. The van der Waals surface area contributed by atoms with Crippen LogP contribution in [0.1, 0.15) is 20.3 Å². The van der Waals surface area contributed by atoms with Crippen molar-refractivity contribution >= 4 is 21.5 Å². The molecule has 0 spiro atoms. The van der Waals surface area contributed by atoms with Gasteiger partial charge >= 0.3 is 0 Å². The van der Waals surface area contributed by atoms with E-state index in [9.17, 15) is 8.42 Å². The number of sulfone groups is 1. The van der Waals surface area contributed by atoms with Crippen molar-refractivity contribution in [2.45, 2.75) is 37.8 Å². The molecule has 1 aromatic heterocycles. The van der Waals surface area contributed by atoms with E-state index in [0.29, 0.717) is 18.3 Å². The molecule has 2 heterocycles. The predicted molar refractivity (Wildman–Crippen MR) is 79.5 cm³/mol. The first-order valence-corrected chi connectivity index (χ1v) is 8.71. The molecular formula is C12H23N5O2S. The van der Waals surface area contributed by atoms with Crippen molar-refractivity contribution in [3.05, 3.63) is 0 Å². The molecule has 7 nitrogen and oxygen atoms in total. The van der Waals surface area contributed by atoms with Crippen molar-refractivity contribution in [3.8, 4) is 0 Å². The number of rotatable bonds is 5. The lowest BCUT2D eigenvalue weighted by atomic mass is 10.2. The molecule has 8 heteroatoms. The number of aromatic nitrogens is 2. The van der Waals surface area contributed by atoms with E-state index >= 15 is 0 Å². The van der Waals surface area contributed by atoms with Gasteiger partial charge in [-0.1, -0.05) is 13.8 Å². The molecule has 2 rings (SSSR count). The van der Waals surface area contributed by atoms with Gasteiger partial charge in [-0.15, -0.1) is 0 Å². The van der Waals surface area contributed by atoms with E-state index in [2.05, 4.69) is 15.7 Å². The maximum absolute atomic E-state index is 12.0. The zero-order valence-electron chi connectivity index (χ0n) is 12.2. The molecule has 1 aromatic rings. The molecule has 20 heavy (non-hydrogen) atoms. The molecule has 114 valence electrons. The molecular weight excluding hydrogens is 278 g/mol. The zero-order chi connectivity index (χ0) is 14.9. The van der Waals surface area contributed by atoms with Crippen molar-refractivity contribution in [2.24, 2.45) is 5.92 Å². The van der Waals surface area contributed by atoms with Gasteiger partial charge in [0, 0.05) is 25.4 Å². The SMILES string of the molecule is CC(C)Cn1nc(NC2CCNC2)c(S(C)(=O)=O)c1N. The summed E-state index contributed by atoms with van der Waals surface area (Å²) in [7, 11) is -3.41. The van der Waals surface area contributed by atoms with Crippen LogP contribution in [0.15, 0.2) is 4.90 Å². The van der Waals surface area contributed by atoms with Gasteiger partial charge in [-0.05, 0) is 18.9 Å². The van der Waals surface area contributed by atoms with Crippen molar-refractivity contribution in [2.75, 3.05) is 30.4 Å². The van der Waals surface area contributed by atoms with Crippen LogP contribution in [0.2, 0.25) is 0 Å². The van der Waals surface area contributed by atoms with Gasteiger partial charge < -0.3 is 16.4 Å². The van der Waals surface area contributed by atoms with Crippen LogP contribution in [0.25, 0.3) is 0 Å². The minimum atomic E-state index is -3.41.